The van der Waals surface area contributed by atoms with Crippen LogP contribution in [0.1, 0.15) is 25.2 Å². The first kappa shape index (κ1) is 22.9. The van der Waals surface area contributed by atoms with E-state index in [1.54, 1.807) is 12.1 Å². The first-order chi connectivity index (χ1) is 15.4. The summed E-state index contributed by atoms with van der Waals surface area (Å²) in [4.78, 5) is 12.7. The molecule has 0 bridgehead atoms. The zero-order chi connectivity index (χ0) is 22.3. The third-order valence-corrected chi connectivity index (χ3v) is 5.48. The van der Waals surface area contributed by atoms with Gasteiger partial charge in [-0.3, -0.25) is 9.97 Å². The van der Waals surface area contributed by atoms with E-state index < -0.39 is 17.3 Å². The number of pyridine rings is 3. The molecule has 5 aromatic rings. The van der Waals surface area contributed by atoms with E-state index >= 15 is 0 Å². The first-order valence-electron chi connectivity index (χ1n) is 10.1. The van der Waals surface area contributed by atoms with Crippen molar-refractivity contribution < 1.29 is 29.8 Å². The largest absolute Gasteiger partial charge is 2.00 e. The maximum Gasteiger partial charge on any atom is 2.00 e. The molecule has 0 amide bonds. The monoisotopic (exact) mass is 619 g/mol. The first-order valence-corrected chi connectivity index (χ1v) is 10.1. The molecular formula is C26H18F2N4Pt. The number of rotatable bonds is 4. The molecule has 0 fully saturated rings. The van der Waals surface area contributed by atoms with Gasteiger partial charge in [0.15, 0.2) is 0 Å². The number of hydrogen-bond donors (Lipinski definition) is 0. The summed E-state index contributed by atoms with van der Waals surface area (Å²) in [7, 11) is 0. The van der Waals surface area contributed by atoms with Gasteiger partial charge < -0.3 is 9.55 Å². The number of fused-ring (bicyclic) bond motifs is 1. The van der Waals surface area contributed by atoms with Gasteiger partial charge in [0.05, 0.1) is 5.82 Å². The molecule has 0 saturated carbocycles. The fraction of sp³-hybridized carbons (Fsp3) is 0.115. The summed E-state index contributed by atoms with van der Waals surface area (Å²) in [5.41, 5.74) is 1.27. The molecule has 4 heterocycles. The topological polar surface area (TPSA) is 43.6 Å². The molecule has 7 heteroatoms. The van der Waals surface area contributed by atoms with Gasteiger partial charge in [-0.2, -0.15) is 0 Å². The Morgan fingerprint density at radius 1 is 0.848 bits per heavy atom. The normalized spacial score (nSPS) is 11.4. The number of nitrogens with zero attached hydrogens (tertiary/aromatic N) is 4. The minimum atomic E-state index is -0.942. The number of aromatic nitrogens is 4. The van der Waals surface area contributed by atoms with Gasteiger partial charge in [0.25, 0.3) is 0 Å². The Bertz CT molecular complexity index is 1410. The quantitative estimate of drug-likeness (QED) is 0.192. The Kier molecular flexibility index (Phi) is 6.22. The molecule has 0 saturated heterocycles. The van der Waals surface area contributed by atoms with Crippen molar-refractivity contribution >= 4 is 10.8 Å². The van der Waals surface area contributed by atoms with Crippen LogP contribution in [-0.2, 0) is 26.5 Å². The predicted molar refractivity (Wildman–Crippen MR) is 118 cm³/mol. The number of hydrogen-bond acceptors (Lipinski definition) is 3. The average Bonchev–Trinajstić information content (AvgIpc) is 3.24. The van der Waals surface area contributed by atoms with Gasteiger partial charge in [0, 0.05) is 16.8 Å². The van der Waals surface area contributed by atoms with Gasteiger partial charge in [0.1, 0.15) is 11.9 Å². The molecule has 166 valence electrons. The van der Waals surface area contributed by atoms with Crippen LogP contribution in [-0.4, -0.2) is 19.5 Å². The molecule has 4 nitrogen and oxygen atoms in total. The molecule has 0 aliphatic rings. The second-order valence-electron chi connectivity index (χ2n) is 8.00. The van der Waals surface area contributed by atoms with Crippen LogP contribution in [0.5, 0.6) is 0 Å². The van der Waals surface area contributed by atoms with Crippen molar-refractivity contribution in [3.05, 3.63) is 108 Å². The molecule has 0 radical (unpaired) electrons. The van der Waals surface area contributed by atoms with Crippen molar-refractivity contribution in [2.75, 3.05) is 0 Å². The van der Waals surface area contributed by atoms with Gasteiger partial charge in [-0.1, -0.05) is 65.7 Å². The summed E-state index contributed by atoms with van der Waals surface area (Å²) in [6, 6.07) is 22.7. The Morgan fingerprint density at radius 3 is 2.33 bits per heavy atom. The molecule has 0 atom stereocenters. The van der Waals surface area contributed by atoms with Crippen LogP contribution in [0.3, 0.4) is 0 Å². The third-order valence-electron chi connectivity index (χ3n) is 5.48. The SMILES string of the molecule is CC(C)(c1cccc(-c2[c-]cc(F)nc2F)n1)c1cccc(-n2[c-]c3ccccc3c2)n1.[Pt+2]. The molecule has 0 spiro atoms. The van der Waals surface area contributed by atoms with Crippen molar-refractivity contribution in [3.8, 4) is 17.1 Å². The van der Waals surface area contributed by atoms with E-state index in [1.165, 1.54) is 0 Å². The smallest absolute Gasteiger partial charge is 0.408 e. The summed E-state index contributed by atoms with van der Waals surface area (Å²) < 4.78 is 29.2. The Morgan fingerprint density at radius 2 is 1.58 bits per heavy atom. The van der Waals surface area contributed by atoms with Crippen LogP contribution >= 0.6 is 0 Å². The van der Waals surface area contributed by atoms with E-state index in [0.29, 0.717) is 11.4 Å². The van der Waals surface area contributed by atoms with E-state index in [9.17, 15) is 8.78 Å². The van der Waals surface area contributed by atoms with E-state index in [1.807, 2.05) is 73.1 Å². The van der Waals surface area contributed by atoms with Crippen LogP contribution in [0.4, 0.5) is 8.78 Å². The van der Waals surface area contributed by atoms with E-state index in [0.717, 1.165) is 28.4 Å². The van der Waals surface area contributed by atoms with Gasteiger partial charge in [-0.05, 0) is 37.9 Å². The molecule has 0 unspecified atom stereocenters. The fourth-order valence-electron chi connectivity index (χ4n) is 3.65. The minimum Gasteiger partial charge on any atom is -0.408 e. The van der Waals surface area contributed by atoms with Gasteiger partial charge in [0.2, 0.25) is 0 Å². The second-order valence-corrected chi connectivity index (χ2v) is 8.00. The van der Waals surface area contributed by atoms with Crippen molar-refractivity contribution in [3.63, 3.8) is 0 Å². The van der Waals surface area contributed by atoms with Crippen LogP contribution in [0, 0.1) is 24.2 Å². The molecule has 0 aliphatic heterocycles. The predicted octanol–water partition coefficient (Wildman–Crippen LogP) is 5.68. The summed E-state index contributed by atoms with van der Waals surface area (Å²) in [5.74, 6) is -1.12. The molecule has 5 rings (SSSR count). The third kappa shape index (κ3) is 4.36. The van der Waals surface area contributed by atoms with Crippen LogP contribution < -0.4 is 0 Å². The molecule has 33 heavy (non-hydrogen) atoms. The number of benzene rings is 1. The summed E-state index contributed by atoms with van der Waals surface area (Å²) in [6.45, 7) is 4.01. The zero-order valence-electron chi connectivity index (χ0n) is 17.8. The zero-order valence-corrected chi connectivity index (χ0v) is 20.1. The van der Waals surface area contributed by atoms with Crippen LogP contribution in [0.15, 0.2) is 72.9 Å². The van der Waals surface area contributed by atoms with Gasteiger partial charge in [-0.15, -0.1) is 17.5 Å². The summed E-state index contributed by atoms with van der Waals surface area (Å²) in [6.07, 6.45) is 5.32. The molecule has 0 aliphatic carbocycles. The molecule has 0 N–H and O–H groups in total. The maximum absolute atomic E-state index is 14.2. The van der Waals surface area contributed by atoms with E-state index in [4.69, 9.17) is 4.98 Å². The van der Waals surface area contributed by atoms with E-state index in [-0.39, 0.29) is 26.6 Å². The standard InChI is InChI=1S/C26H18F2N4.Pt/c1-26(2,21-10-5-9-20(29-21)19-13-14-23(27)31-25(19)28)22-11-6-12-24(30-22)32-15-17-7-3-4-8-18(17)16-32;/h3-12,14-15H,1-2H3;/q-2;+2. The summed E-state index contributed by atoms with van der Waals surface area (Å²) in [5, 5.41) is 2.10. The molecule has 1 aromatic carbocycles. The van der Waals surface area contributed by atoms with Crippen molar-refractivity contribution in [2.24, 2.45) is 0 Å². The van der Waals surface area contributed by atoms with Gasteiger partial charge >= 0.3 is 21.1 Å². The van der Waals surface area contributed by atoms with Crippen molar-refractivity contribution in [1.29, 1.82) is 0 Å². The molecular weight excluding hydrogens is 601 g/mol. The Balaban J connectivity index is 0.00000259. The fourth-order valence-corrected chi connectivity index (χ4v) is 3.65. The van der Waals surface area contributed by atoms with Gasteiger partial charge in [-0.25, -0.2) is 8.78 Å². The minimum absolute atomic E-state index is 0. The summed E-state index contributed by atoms with van der Waals surface area (Å²) >= 11 is 0. The maximum atomic E-state index is 14.2. The Hall–Kier alpha value is -3.24. The van der Waals surface area contributed by atoms with Crippen molar-refractivity contribution in [2.45, 2.75) is 19.3 Å². The number of halogens is 2. The van der Waals surface area contributed by atoms with Crippen LogP contribution in [0.25, 0.3) is 27.8 Å². The van der Waals surface area contributed by atoms with Crippen LogP contribution in [0.2, 0.25) is 0 Å². The second kappa shape index (κ2) is 8.95. The Labute approximate surface area is 204 Å². The van der Waals surface area contributed by atoms with E-state index in [2.05, 4.69) is 22.2 Å². The van der Waals surface area contributed by atoms with Crippen molar-refractivity contribution in [1.82, 2.24) is 19.5 Å². The average molecular weight is 620 g/mol. The molecule has 4 aromatic heterocycles.